The normalized spacial score (nSPS) is 29.0. The summed E-state index contributed by atoms with van der Waals surface area (Å²) in [4.78, 5) is 2.39. The van der Waals surface area contributed by atoms with Crippen LogP contribution in [0.1, 0.15) is 51.4 Å². The average molecular weight is 260 g/mol. The molecule has 2 aliphatic carbocycles. The highest BCUT2D eigenvalue weighted by atomic mass is 19.3. The molecule has 2 rings (SSSR count). The monoisotopic (exact) mass is 260 g/mol. The first kappa shape index (κ1) is 14.2. The Bertz CT molecular complexity index is 252. The van der Waals surface area contributed by atoms with Crippen LogP contribution in [0.15, 0.2) is 0 Å². The maximum Gasteiger partial charge on any atom is 0.248 e. The molecule has 2 saturated carbocycles. The van der Waals surface area contributed by atoms with E-state index in [2.05, 4.69) is 4.90 Å². The van der Waals surface area contributed by atoms with Crippen LogP contribution in [-0.4, -0.2) is 36.5 Å². The predicted octanol–water partition coefficient (Wildman–Crippen LogP) is 3.02. The smallest absolute Gasteiger partial charge is 0.248 e. The molecule has 2 N–H and O–H groups in total. The maximum atomic E-state index is 13.4. The van der Waals surface area contributed by atoms with E-state index >= 15 is 0 Å². The highest BCUT2D eigenvalue weighted by molar-refractivity contribution is 4.84. The molecule has 2 fully saturated rings. The molecule has 2 nitrogen and oxygen atoms in total. The first-order chi connectivity index (χ1) is 8.61. The van der Waals surface area contributed by atoms with Gasteiger partial charge in [-0.25, -0.2) is 8.78 Å². The number of nitrogens with two attached hydrogens (primary N) is 1. The largest absolute Gasteiger partial charge is 0.329 e. The van der Waals surface area contributed by atoms with Gasteiger partial charge in [0.2, 0.25) is 5.92 Å². The van der Waals surface area contributed by atoms with Gasteiger partial charge in [-0.2, -0.15) is 0 Å². The van der Waals surface area contributed by atoms with E-state index in [0.717, 1.165) is 19.5 Å². The van der Waals surface area contributed by atoms with Gasteiger partial charge in [-0.15, -0.1) is 0 Å². The molecule has 18 heavy (non-hydrogen) atoms. The lowest BCUT2D eigenvalue weighted by atomic mass is 9.86. The van der Waals surface area contributed by atoms with E-state index < -0.39 is 5.92 Å². The molecule has 0 aromatic carbocycles. The van der Waals surface area contributed by atoms with Gasteiger partial charge in [0, 0.05) is 38.5 Å². The van der Waals surface area contributed by atoms with Crippen molar-refractivity contribution < 1.29 is 8.78 Å². The van der Waals surface area contributed by atoms with Gasteiger partial charge >= 0.3 is 0 Å². The molecule has 0 saturated heterocycles. The molecule has 1 atom stereocenters. The summed E-state index contributed by atoms with van der Waals surface area (Å²) in [6.45, 7) is 2.34. The van der Waals surface area contributed by atoms with Crippen molar-refractivity contribution in [3.05, 3.63) is 0 Å². The highest BCUT2D eigenvalue weighted by Crippen LogP contribution is 2.37. The van der Waals surface area contributed by atoms with Gasteiger partial charge in [0.15, 0.2) is 0 Å². The first-order valence-electron chi connectivity index (χ1n) is 7.43. The van der Waals surface area contributed by atoms with Gasteiger partial charge in [0.25, 0.3) is 0 Å². The van der Waals surface area contributed by atoms with E-state index in [1.165, 1.54) is 25.7 Å². The van der Waals surface area contributed by atoms with Crippen molar-refractivity contribution in [2.45, 2.75) is 63.3 Å². The van der Waals surface area contributed by atoms with E-state index in [4.69, 9.17) is 5.73 Å². The first-order valence-corrected chi connectivity index (χ1v) is 7.43. The van der Waals surface area contributed by atoms with Crippen LogP contribution in [0.25, 0.3) is 0 Å². The fourth-order valence-corrected chi connectivity index (χ4v) is 3.62. The molecule has 0 radical (unpaired) electrons. The summed E-state index contributed by atoms with van der Waals surface area (Å²) in [5.41, 5.74) is 5.67. The second-order valence-corrected chi connectivity index (χ2v) is 6.04. The van der Waals surface area contributed by atoms with Crippen molar-refractivity contribution in [1.82, 2.24) is 4.90 Å². The van der Waals surface area contributed by atoms with Crippen molar-refractivity contribution in [3.8, 4) is 0 Å². The van der Waals surface area contributed by atoms with Crippen molar-refractivity contribution >= 4 is 0 Å². The molecule has 2 aliphatic rings. The molecule has 0 bridgehead atoms. The molecule has 0 aliphatic heterocycles. The van der Waals surface area contributed by atoms with Crippen LogP contribution < -0.4 is 5.73 Å². The fraction of sp³-hybridized carbons (Fsp3) is 1.00. The van der Waals surface area contributed by atoms with Gasteiger partial charge in [0.05, 0.1) is 0 Å². The van der Waals surface area contributed by atoms with Crippen molar-refractivity contribution in [1.29, 1.82) is 0 Å². The summed E-state index contributed by atoms with van der Waals surface area (Å²) in [5.74, 6) is -2.26. The molecule has 0 amide bonds. The lowest BCUT2D eigenvalue weighted by Crippen LogP contribution is -2.42. The summed E-state index contributed by atoms with van der Waals surface area (Å²) in [7, 11) is 0. The van der Waals surface area contributed by atoms with Crippen LogP contribution in [0.5, 0.6) is 0 Å². The summed E-state index contributed by atoms with van der Waals surface area (Å²) in [5, 5.41) is 0. The van der Waals surface area contributed by atoms with Gasteiger partial charge < -0.3 is 5.73 Å². The fourth-order valence-electron chi connectivity index (χ4n) is 3.62. The zero-order valence-electron chi connectivity index (χ0n) is 11.2. The van der Waals surface area contributed by atoms with E-state index in [1.54, 1.807) is 0 Å². The Morgan fingerprint density at radius 3 is 2.44 bits per heavy atom. The molecule has 0 spiro atoms. The molecule has 0 aromatic heterocycles. The Balaban J connectivity index is 1.87. The molecule has 0 heterocycles. The highest BCUT2D eigenvalue weighted by Gasteiger charge is 2.37. The van der Waals surface area contributed by atoms with Crippen LogP contribution >= 0.6 is 0 Å². The average Bonchev–Trinajstić information content (AvgIpc) is 2.80. The molecular weight excluding hydrogens is 234 g/mol. The number of rotatable bonds is 5. The van der Waals surface area contributed by atoms with Gasteiger partial charge in [0.1, 0.15) is 0 Å². The summed E-state index contributed by atoms with van der Waals surface area (Å²) < 4.78 is 26.8. The van der Waals surface area contributed by atoms with Crippen LogP contribution in [-0.2, 0) is 0 Å². The van der Waals surface area contributed by atoms with Crippen LogP contribution in [0, 0.1) is 5.92 Å². The Hall–Kier alpha value is -0.220. The topological polar surface area (TPSA) is 29.3 Å². The number of alkyl halides is 2. The van der Waals surface area contributed by atoms with E-state index in [1.807, 2.05) is 0 Å². The summed E-state index contributed by atoms with van der Waals surface area (Å²) in [6, 6.07) is 0.601. The van der Waals surface area contributed by atoms with Crippen LogP contribution in [0.2, 0.25) is 0 Å². The van der Waals surface area contributed by atoms with Crippen LogP contribution in [0.4, 0.5) is 8.78 Å². The van der Waals surface area contributed by atoms with E-state index in [9.17, 15) is 8.78 Å². The minimum Gasteiger partial charge on any atom is -0.329 e. The minimum absolute atomic E-state index is 0.0841. The van der Waals surface area contributed by atoms with Gasteiger partial charge in [-0.05, 0) is 31.6 Å². The van der Waals surface area contributed by atoms with Crippen LogP contribution in [0.3, 0.4) is 0 Å². The molecular formula is C14H26F2N2. The van der Waals surface area contributed by atoms with E-state index in [0.29, 0.717) is 19.0 Å². The predicted molar refractivity (Wildman–Crippen MR) is 69.8 cm³/mol. The van der Waals surface area contributed by atoms with Gasteiger partial charge in [-0.3, -0.25) is 4.90 Å². The number of hydrogen-bond acceptors (Lipinski definition) is 2. The third-order valence-electron chi connectivity index (χ3n) is 4.49. The second kappa shape index (κ2) is 6.29. The summed E-state index contributed by atoms with van der Waals surface area (Å²) >= 11 is 0. The minimum atomic E-state index is -2.42. The van der Waals surface area contributed by atoms with E-state index in [-0.39, 0.29) is 18.8 Å². The zero-order valence-corrected chi connectivity index (χ0v) is 11.2. The second-order valence-electron chi connectivity index (χ2n) is 6.04. The molecule has 0 aromatic rings. The lowest BCUT2D eigenvalue weighted by molar-refractivity contribution is -0.0584. The molecule has 1 unspecified atom stereocenters. The Labute approximate surface area is 109 Å². The van der Waals surface area contributed by atoms with Gasteiger partial charge in [-0.1, -0.05) is 12.8 Å². The quantitative estimate of drug-likeness (QED) is 0.823. The zero-order chi connectivity index (χ0) is 13.0. The number of nitrogens with zero attached hydrogens (tertiary/aromatic N) is 1. The lowest BCUT2D eigenvalue weighted by Gasteiger charge is -2.35. The standard InChI is InChI=1S/C14H26F2N2/c15-14(16)7-3-4-12(10-14)11-18(9-8-17)13-5-1-2-6-13/h12-13H,1-11,17H2. The SMILES string of the molecule is NCCN(CC1CCCC(F)(F)C1)C1CCCC1. The third kappa shape index (κ3) is 3.89. The van der Waals surface area contributed by atoms with Crippen molar-refractivity contribution in [3.63, 3.8) is 0 Å². The van der Waals surface area contributed by atoms with Crippen molar-refractivity contribution in [2.24, 2.45) is 11.7 Å². The summed E-state index contributed by atoms with van der Waals surface area (Å²) in [6.07, 6.45) is 6.83. The number of hydrogen-bond donors (Lipinski definition) is 1. The maximum absolute atomic E-state index is 13.4. The Morgan fingerprint density at radius 1 is 1.11 bits per heavy atom. The molecule has 106 valence electrons. The Kier molecular flexibility index (Phi) is 4.96. The Morgan fingerprint density at radius 2 is 1.83 bits per heavy atom. The van der Waals surface area contributed by atoms with Crippen molar-refractivity contribution in [2.75, 3.05) is 19.6 Å². The molecule has 4 heteroatoms. The number of halogens is 2. The third-order valence-corrected chi connectivity index (χ3v) is 4.49.